The van der Waals surface area contributed by atoms with Gasteiger partial charge in [0, 0.05) is 55.3 Å². The van der Waals surface area contributed by atoms with Crippen molar-refractivity contribution < 1.29 is 14.1 Å². The Bertz CT molecular complexity index is 822. The Labute approximate surface area is 158 Å². The lowest BCUT2D eigenvalue weighted by molar-refractivity contribution is -0.131. The Morgan fingerprint density at radius 1 is 1.37 bits per heavy atom. The summed E-state index contributed by atoms with van der Waals surface area (Å²) in [6, 6.07) is 3.95. The van der Waals surface area contributed by atoms with Crippen molar-refractivity contribution in [2.45, 2.75) is 46.1 Å². The minimum atomic E-state index is -0.0991. The van der Waals surface area contributed by atoms with Crippen LogP contribution in [0.4, 0.5) is 0 Å². The first-order valence-electron chi connectivity index (χ1n) is 9.55. The fraction of sp³-hybridized carbons (Fsp3) is 0.550. The number of rotatable bonds is 5. The van der Waals surface area contributed by atoms with E-state index in [0.29, 0.717) is 32.5 Å². The molecule has 4 rings (SSSR count). The van der Waals surface area contributed by atoms with Gasteiger partial charge in [0.15, 0.2) is 0 Å². The smallest absolute Gasteiger partial charge is 0.223 e. The van der Waals surface area contributed by atoms with Crippen molar-refractivity contribution in [3.63, 3.8) is 0 Å². The highest BCUT2D eigenvalue weighted by Crippen LogP contribution is 2.41. The fourth-order valence-corrected chi connectivity index (χ4v) is 4.39. The lowest BCUT2D eigenvalue weighted by Gasteiger charge is -2.24. The molecule has 2 aromatic heterocycles. The lowest BCUT2D eigenvalue weighted by atomic mass is 9.86. The summed E-state index contributed by atoms with van der Waals surface area (Å²) in [6.45, 7) is 6.46. The highest BCUT2D eigenvalue weighted by atomic mass is 16.5. The Kier molecular flexibility index (Phi) is 4.53. The van der Waals surface area contributed by atoms with E-state index < -0.39 is 0 Å². The van der Waals surface area contributed by atoms with Gasteiger partial charge in [-0.15, -0.1) is 0 Å². The Morgan fingerprint density at radius 2 is 2.22 bits per heavy atom. The molecule has 0 radical (unpaired) electrons. The van der Waals surface area contributed by atoms with Crippen LogP contribution in [0.3, 0.4) is 0 Å². The maximum absolute atomic E-state index is 12.6. The van der Waals surface area contributed by atoms with E-state index in [1.807, 2.05) is 42.0 Å². The van der Waals surface area contributed by atoms with E-state index in [0.717, 1.165) is 42.1 Å². The zero-order chi connectivity index (χ0) is 19.0. The second-order valence-corrected chi connectivity index (χ2v) is 7.99. The van der Waals surface area contributed by atoms with Crippen molar-refractivity contribution in [1.82, 2.24) is 19.9 Å². The van der Waals surface area contributed by atoms with Crippen LogP contribution in [0.2, 0.25) is 0 Å². The van der Waals surface area contributed by atoms with Gasteiger partial charge >= 0.3 is 0 Å². The van der Waals surface area contributed by atoms with Gasteiger partial charge in [-0.3, -0.25) is 9.59 Å². The number of likely N-dealkylation sites (tertiary alicyclic amines) is 2. The Morgan fingerprint density at radius 3 is 2.93 bits per heavy atom. The standard InChI is InChI=1S/C20H26N4O3/c1-14-17(15(2)27-22-14)11-24-13-20(10-19(24)26)7-9-23(12-20)18(25)6-5-16-4-3-8-21-16/h3-4,8,21H,5-7,9-13H2,1-2H3. The largest absolute Gasteiger partial charge is 0.365 e. The summed E-state index contributed by atoms with van der Waals surface area (Å²) in [5.41, 5.74) is 2.82. The van der Waals surface area contributed by atoms with Crippen LogP contribution >= 0.6 is 0 Å². The molecule has 0 aromatic carbocycles. The number of aromatic nitrogens is 2. The predicted octanol–water partition coefficient (Wildman–Crippen LogP) is 2.20. The Hall–Kier alpha value is -2.57. The zero-order valence-corrected chi connectivity index (χ0v) is 16.0. The predicted molar refractivity (Wildman–Crippen MR) is 98.8 cm³/mol. The first kappa shape index (κ1) is 17.8. The highest BCUT2D eigenvalue weighted by molar-refractivity contribution is 5.81. The SMILES string of the molecule is Cc1noc(C)c1CN1CC2(CCN(C(=O)CCc3ccc[nH]3)C2)CC1=O. The van der Waals surface area contributed by atoms with E-state index in [9.17, 15) is 9.59 Å². The topological polar surface area (TPSA) is 82.4 Å². The quantitative estimate of drug-likeness (QED) is 0.875. The van der Waals surface area contributed by atoms with Crippen molar-refractivity contribution in [1.29, 1.82) is 0 Å². The number of H-pyrrole nitrogens is 1. The average molecular weight is 370 g/mol. The molecule has 2 aromatic rings. The maximum atomic E-state index is 12.6. The number of carbonyl (C=O) groups excluding carboxylic acids is 2. The average Bonchev–Trinajstić information content (AvgIpc) is 3.41. The molecule has 2 aliphatic rings. The molecule has 7 nitrogen and oxygen atoms in total. The van der Waals surface area contributed by atoms with Crippen LogP contribution in [0.1, 0.15) is 42.0 Å². The normalized spacial score (nSPS) is 22.4. The molecule has 1 spiro atoms. The van der Waals surface area contributed by atoms with Gasteiger partial charge in [0.2, 0.25) is 11.8 Å². The maximum Gasteiger partial charge on any atom is 0.223 e. The van der Waals surface area contributed by atoms with Gasteiger partial charge in [-0.1, -0.05) is 5.16 Å². The van der Waals surface area contributed by atoms with Gasteiger partial charge < -0.3 is 19.3 Å². The molecule has 1 N–H and O–H groups in total. The van der Waals surface area contributed by atoms with E-state index in [4.69, 9.17) is 4.52 Å². The summed E-state index contributed by atoms with van der Waals surface area (Å²) < 4.78 is 5.22. The summed E-state index contributed by atoms with van der Waals surface area (Å²) in [7, 11) is 0. The van der Waals surface area contributed by atoms with Gasteiger partial charge in [-0.2, -0.15) is 0 Å². The van der Waals surface area contributed by atoms with Crippen LogP contribution in [0.25, 0.3) is 0 Å². The molecule has 144 valence electrons. The monoisotopic (exact) mass is 370 g/mol. The van der Waals surface area contributed by atoms with Gasteiger partial charge in [0.05, 0.1) is 12.2 Å². The number of hydrogen-bond donors (Lipinski definition) is 1. The van der Waals surface area contributed by atoms with Crippen LogP contribution in [0, 0.1) is 19.3 Å². The molecule has 0 bridgehead atoms. The minimum absolute atomic E-state index is 0.0991. The van der Waals surface area contributed by atoms with Gasteiger partial charge in [0.25, 0.3) is 0 Å². The summed E-state index contributed by atoms with van der Waals surface area (Å²) in [5, 5.41) is 3.98. The molecule has 0 saturated carbocycles. The third-order valence-corrected chi connectivity index (χ3v) is 6.00. The van der Waals surface area contributed by atoms with E-state index in [-0.39, 0.29) is 17.2 Å². The van der Waals surface area contributed by atoms with E-state index >= 15 is 0 Å². The Balaban J connectivity index is 1.36. The molecule has 2 amide bonds. The third-order valence-electron chi connectivity index (χ3n) is 6.00. The summed E-state index contributed by atoms with van der Waals surface area (Å²) in [6.07, 6.45) is 4.53. The van der Waals surface area contributed by atoms with Crippen molar-refractivity contribution in [3.05, 3.63) is 41.0 Å². The summed E-state index contributed by atoms with van der Waals surface area (Å²) >= 11 is 0. The van der Waals surface area contributed by atoms with E-state index in [1.165, 1.54) is 0 Å². The highest BCUT2D eigenvalue weighted by Gasteiger charge is 2.48. The molecule has 7 heteroatoms. The number of hydrogen-bond acceptors (Lipinski definition) is 4. The molecule has 4 heterocycles. The number of carbonyl (C=O) groups is 2. The number of nitrogens with one attached hydrogen (secondary N) is 1. The number of amides is 2. The van der Waals surface area contributed by atoms with Crippen LogP contribution in [-0.4, -0.2) is 51.4 Å². The molecule has 1 atom stereocenters. The van der Waals surface area contributed by atoms with Crippen LogP contribution in [0.5, 0.6) is 0 Å². The third kappa shape index (κ3) is 3.50. The molecule has 1 unspecified atom stereocenters. The van der Waals surface area contributed by atoms with Gasteiger partial charge in [0.1, 0.15) is 5.76 Å². The van der Waals surface area contributed by atoms with Gasteiger partial charge in [-0.25, -0.2) is 0 Å². The van der Waals surface area contributed by atoms with Gasteiger partial charge in [-0.05, 0) is 38.8 Å². The zero-order valence-electron chi connectivity index (χ0n) is 16.0. The molecule has 2 fully saturated rings. The fourth-order valence-electron chi connectivity index (χ4n) is 4.39. The molecule has 2 aliphatic heterocycles. The number of aryl methyl sites for hydroxylation is 3. The second-order valence-electron chi connectivity index (χ2n) is 7.99. The summed E-state index contributed by atoms with van der Waals surface area (Å²) in [4.78, 5) is 32.2. The molecular formula is C20H26N4O3. The lowest BCUT2D eigenvalue weighted by Crippen LogP contribution is -2.34. The second kappa shape index (κ2) is 6.87. The number of nitrogens with zero attached hydrogens (tertiary/aromatic N) is 3. The summed E-state index contributed by atoms with van der Waals surface area (Å²) in [5.74, 6) is 1.11. The van der Waals surface area contributed by atoms with Crippen molar-refractivity contribution in [2.75, 3.05) is 19.6 Å². The van der Waals surface area contributed by atoms with Crippen LogP contribution in [-0.2, 0) is 22.6 Å². The first-order valence-corrected chi connectivity index (χ1v) is 9.55. The first-order chi connectivity index (χ1) is 13.0. The van der Waals surface area contributed by atoms with Crippen molar-refractivity contribution in [3.8, 4) is 0 Å². The van der Waals surface area contributed by atoms with Crippen LogP contribution in [0.15, 0.2) is 22.9 Å². The van der Waals surface area contributed by atoms with Crippen molar-refractivity contribution >= 4 is 11.8 Å². The number of aromatic amines is 1. The molecule has 0 aliphatic carbocycles. The van der Waals surface area contributed by atoms with Crippen LogP contribution < -0.4 is 0 Å². The van der Waals surface area contributed by atoms with Crippen molar-refractivity contribution in [2.24, 2.45) is 5.41 Å². The molecule has 2 saturated heterocycles. The molecule has 27 heavy (non-hydrogen) atoms. The van der Waals surface area contributed by atoms with E-state index in [1.54, 1.807) is 0 Å². The van der Waals surface area contributed by atoms with E-state index in [2.05, 4.69) is 10.1 Å². The minimum Gasteiger partial charge on any atom is -0.365 e. The molecular weight excluding hydrogens is 344 g/mol.